The standard InChI is InChI=1S/C13H9BrClFN2O2/c14-9-1-4-13(18(19)20)8(5-9)7-17-12-6-10(16)2-3-11(12)15/h1-6,17H,7H2. The number of hydrogen-bond donors (Lipinski definition) is 1. The summed E-state index contributed by atoms with van der Waals surface area (Å²) in [5.41, 5.74) is 0.860. The third-order valence-corrected chi connectivity index (χ3v) is 3.46. The van der Waals surface area contributed by atoms with Crippen molar-refractivity contribution in [2.45, 2.75) is 6.54 Å². The summed E-state index contributed by atoms with van der Waals surface area (Å²) in [7, 11) is 0. The van der Waals surface area contributed by atoms with Gasteiger partial charge in [0.1, 0.15) is 5.82 Å². The van der Waals surface area contributed by atoms with E-state index < -0.39 is 10.7 Å². The molecule has 2 aromatic rings. The van der Waals surface area contributed by atoms with Crippen molar-refractivity contribution in [2.75, 3.05) is 5.32 Å². The number of nitro benzene ring substituents is 1. The van der Waals surface area contributed by atoms with Crippen molar-refractivity contribution in [3.63, 3.8) is 0 Å². The summed E-state index contributed by atoms with van der Waals surface area (Å²) >= 11 is 9.19. The molecule has 0 amide bonds. The normalized spacial score (nSPS) is 10.3. The zero-order chi connectivity index (χ0) is 14.7. The van der Waals surface area contributed by atoms with Crippen LogP contribution in [0.5, 0.6) is 0 Å². The van der Waals surface area contributed by atoms with Crippen LogP contribution in [0.4, 0.5) is 15.8 Å². The molecule has 0 saturated heterocycles. The molecule has 0 saturated carbocycles. The van der Waals surface area contributed by atoms with Crippen molar-refractivity contribution in [3.05, 3.63) is 67.4 Å². The lowest BCUT2D eigenvalue weighted by molar-refractivity contribution is -0.385. The molecule has 0 bridgehead atoms. The maximum atomic E-state index is 13.1. The molecule has 2 aromatic carbocycles. The lowest BCUT2D eigenvalue weighted by Gasteiger charge is -2.09. The molecular weight excluding hydrogens is 351 g/mol. The fourth-order valence-corrected chi connectivity index (χ4v) is 2.29. The van der Waals surface area contributed by atoms with Gasteiger partial charge >= 0.3 is 0 Å². The molecule has 0 aliphatic carbocycles. The van der Waals surface area contributed by atoms with E-state index in [1.54, 1.807) is 12.1 Å². The van der Waals surface area contributed by atoms with E-state index in [0.717, 1.165) is 4.47 Å². The lowest BCUT2D eigenvalue weighted by atomic mass is 10.1. The van der Waals surface area contributed by atoms with Crippen molar-refractivity contribution >= 4 is 38.9 Å². The van der Waals surface area contributed by atoms with Gasteiger partial charge in [-0.1, -0.05) is 27.5 Å². The maximum Gasteiger partial charge on any atom is 0.274 e. The molecule has 104 valence electrons. The van der Waals surface area contributed by atoms with Gasteiger partial charge in [0.05, 0.1) is 15.6 Å². The van der Waals surface area contributed by atoms with Crippen LogP contribution in [0.25, 0.3) is 0 Å². The van der Waals surface area contributed by atoms with Gasteiger partial charge in [0.25, 0.3) is 5.69 Å². The molecule has 0 spiro atoms. The van der Waals surface area contributed by atoms with Crippen molar-refractivity contribution in [1.29, 1.82) is 0 Å². The van der Waals surface area contributed by atoms with Crippen LogP contribution in [0.1, 0.15) is 5.56 Å². The number of rotatable bonds is 4. The molecule has 2 rings (SSSR count). The summed E-state index contributed by atoms with van der Waals surface area (Å²) in [6.45, 7) is 0.166. The number of hydrogen-bond acceptors (Lipinski definition) is 3. The van der Waals surface area contributed by atoms with Crippen molar-refractivity contribution in [3.8, 4) is 0 Å². The molecule has 0 aromatic heterocycles. The van der Waals surface area contributed by atoms with E-state index in [4.69, 9.17) is 11.6 Å². The van der Waals surface area contributed by atoms with Gasteiger partial charge in [-0.25, -0.2) is 4.39 Å². The molecule has 0 unspecified atom stereocenters. The minimum atomic E-state index is -0.462. The third-order valence-electron chi connectivity index (χ3n) is 2.64. The van der Waals surface area contributed by atoms with Crippen LogP contribution in [0.3, 0.4) is 0 Å². The summed E-state index contributed by atoms with van der Waals surface area (Å²) in [5.74, 6) is -0.430. The second-order valence-corrected chi connectivity index (χ2v) is 5.33. The first-order valence-corrected chi connectivity index (χ1v) is 6.76. The van der Waals surface area contributed by atoms with Crippen LogP contribution in [-0.4, -0.2) is 4.92 Å². The number of nitro groups is 1. The summed E-state index contributed by atoms with van der Waals surface area (Å²) < 4.78 is 13.9. The highest BCUT2D eigenvalue weighted by atomic mass is 79.9. The molecule has 0 aliphatic heterocycles. The second-order valence-electron chi connectivity index (χ2n) is 4.01. The van der Waals surface area contributed by atoms with Crippen molar-refractivity contribution in [2.24, 2.45) is 0 Å². The summed E-state index contributed by atoms with van der Waals surface area (Å²) in [6, 6.07) is 8.55. The minimum absolute atomic E-state index is 0.00627. The van der Waals surface area contributed by atoms with Crippen LogP contribution >= 0.6 is 27.5 Å². The fourth-order valence-electron chi connectivity index (χ4n) is 1.70. The van der Waals surface area contributed by atoms with Gasteiger partial charge in [-0.15, -0.1) is 0 Å². The van der Waals surface area contributed by atoms with Gasteiger partial charge in [-0.2, -0.15) is 0 Å². The Labute approximate surface area is 127 Å². The Morgan fingerprint density at radius 2 is 2.05 bits per heavy atom. The predicted octanol–water partition coefficient (Wildman–Crippen LogP) is 4.76. The fraction of sp³-hybridized carbons (Fsp3) is 0.0769. The molecule has 4 nitrogen and oxygen atoms in total. The number of benzene rings is 2. The lowest BCUT2D eigenvalue weighted by Crippen LogP contribution is -2.04. The Kier molecular flexibility index (Phi) is 4.57. The van der Waals surface area contributed by atoms with E-state index in [2.05, 4.69) is 21.2 Å². The average molecular weight is 360 g/mol. The highest BCUT2D eigenvalue weighted by molar-refractivity contribution is 9.10. The predicted molar refractivity (Wildman–Crippen MR) is 79.5 cm³/mol. The SMILES string of the molecule is O=[N+]([O-])c1ccc(Br)cc1CNc1cc(F)ccc1Cl. The molecule has 20 heavy (non-hydrogen) atoms. The Morgan fingerprint density at radius 3 is 2.75 bits per heavy atom. The van der Waals surface area contributed by atoms with E-state index >= 15 is 0 Å². The van der Waals surface area contributed by atoms with Crippen molar-refractivity contribution < 1.29 is 9.31 Å². The first-order valence-electron chi connectivity index (χ1n) is 5.59. The summed E-state index contributed by atoms with van der Waals surface area (Å²) in [5, 5.41) is 14.2. The molecule has 7 heteroatoms. The van der Waals surface area contributed by atoms with Crippen LogP contribution in [0.2, 0.25) is 5.02 Å². The van der Waals surface area contributed by atoms with E-state index in [1.807, 2.05) is 0 Å². The number of halogens is 3. The largest absolute Gasteiger partial charge is 0.379 e. The molecule has 0 fully saturated rings. The average Bonchev–Trinajstić information content (AvgIpc) is 2.39. The van der Waals surface area contributed by atoms with Crippen LogP contribution in [0, 0.1) is 15.9 Å². The van der Waals surface area contributed by atoms with Gasteiger partial charge in [-0.3, -0.25) is 10.1 Å². The Bertz CT molecular complexity index is 667. The molecule has 0 radical (unpaired) electrons. The van der Waals surface area contributed by atoms with Gasteiger partial charge in [0, 0.05) is 22.6 Å². The zero-order valence-electron chi connectivity index (χ0n) is 10.1. The number of anilines is 1. The smallest absolute Gasteiger partial charge is 0.274 e. The molecular formula is C13H9BrClFN2O2. The third kappa shape index (κ3) is 3.46. The van der Waals surface area contributed by atoms with Crippen LogP contribution < -0.4 is 5.32 Å². The second kappa shape index (κ2) is 6.19. The summed E-state index contributed by atoms with van der Waals surface area (Å²) in [4.78, 5) is 10.5. The van der Waals surface area contributed by atoms with E-state index in [0.29, 0.717) is 16.3 Å². The van der Waals surface area contributed by atoms with E-state index in [-0.39, 0.29) is 12.2 Å². The molecule has 0 aliphatic rings. The van der Waals surface area contributed by atoms with E-state index in [1.165, 1.54) is 24.3 Å². The Morgan fingerprint density at radius 1 is 1.30 bits per heavy atom. The first-order chi connectivity index (χ1) is 9.47. The summed E-state index contributed by atoms with van der Waals surface area (Å²) in [6.07, 6.45) is 0. The minimum Gasteiger partial charge on any atom is -0.379 e. The Hall–Kier alpha value is -1.66. The highest BCUT2D eigenvalue weighted by Gasteiger charge is 2.14. The van der Waals surface area contributed by atoms with Crippen LogP contribution in [0.15, 0.2) is 40.9 Å². The zero-order valence-corrected chi connectivity index (χ0v) is 12.4. The van der Waals surface area contributed by atoms with Gasteiger partial charge in [0.2, 0.25) is 0 Å². The van der Waals surface area contributed by atoms with Gasteiger partial charge in [0.15, 0.2) is 0 Å². The number of nitrogens with one attached hydrogen (secondary N) is 1. The van der Waals surface area contributed by atoms with E-state index in [9.17, 15) is 14.5 Å². The van der Waals surface area contributed by atoms with Gasteiger partial charge in [-0.05, 0) is 30.3 Å². The molecule has 1 N–H and O–H groups in total. The number of nitrogens with zero attached hydrogens (tertiary/aromatic N) is 1. The molecule has 0 atom stereocenters. The van der Waals surface area contributed by atoms with Gasteiger partial charge < -0.3 is 5.32 Å². The topological polar surface area (TPSA) is 55.2 Å². The van der Waals surface area contributed by atoms with Crippen LogP contribution in [-0.2, 0) is 6.54 Å². The quantitative estimate of drug-likeness (QED) is 0.632. The molecule has 0 heterocycles. The maximum absolute atomic E-state index is 13.1. The first kappa shape index (κ1) is 14.7. The highest BCUT2D eigenvalue weighted by Crippen LogP contribution is 2.26. The van der Waals surface area contributed by atoms with Crippen molar-refractivity contribution in [1.82, 2.24) is 0 Å². The monoisotopic (exact) mass is 358 g/mol. The Balaban J connectivity index is 2.24.